The molecule has 1 rings (SSSR count). The van der Waals surface area contributed by atoms with Crippen LogP contribution >= 0.6 is 0 Å². The fourth-order valence-corrected chi connectivity index (χ4v) is 1.52. The number of ether oxygens (including phenoxy) is 3. The van der Waals surface area contributed by atoms with Crippen LogP contribution in [0.25, 0.3) is 0 Å². The molecule has 1 saturated heterocycles. The van der Waals surface area contributed by atoms with Gasteiger partial charge in [-0.05, 0) is 12.8 Å². The van der Waals surface area contributed by atoms with Crippen LogP contribution in [0.2, 0.25) is 0 Å². The van der Waals surface area contributed by atoms with Crippen LogP contribution in [0.1, 0.15) is 40.5 Å². The van der Waals surface area contributed by atoms with Crippen LogP contribution < -0.4 is 0 Å². The van der Waals surface area contributed by atoms with Crippen LogP contribution in [-0.2, 0) is 23.8 Å². The maximum Gasteiger partial charge on any atom is 0.302 e. The van der Waals surface area contributed by atoms with Gasteiger partial charge in [0, 0.05) is 20.5 Å². The van der Waals surface area contributed by atoms with Crippen molar-refractivity contribution in [3.63, 3.8) is 0 Å². The maximum absolute atomic E-state index is 10.8. The van der Waals surface area contributed by atoms with Crippen molar-refractivity contribution in [2.75, 3.05) is 13.2 Å². The Hall–Kier alpha value is -1.54. The van der Waals surface area contributed by atoms with E-state index in [1.165, 1.54) is 13.8 Å². The van der Waals surface area contributed by atoms with Gasteiger partial charge in [0.15, 0.2) is 0 Å². The number of carbonyl (C=O) groups excluding carboxylic acids is 2. The van der Waals surface area contributed by atoms with Crippen molar-refractivity contribution in [2.24, 2.45) is 0 Å². The highest BCUT2D eigenvalue weighted by atomic mass is 16.6. The molecule has 0 aromatic heterocycles. The Morgan fingerprint density at radius 3 is 2.26 bits per heavy atom. The summed E-state index contributed by atoms with van der Waals surface area (Å²) in [5, 5.41) is 0. The summed E-state index contributed by atoms with van der Waals surface area (Å²) in [4.78, 5) is 21.4. The van der Waals surface area contributed by atoms with Gasteiger partial charge in [0.2, 0.25) is 0 Å². The second-order valence-corrected chi connectivity index (χ2v) is 3.50. The largest absolute Gasteiger partial charge is 0.463 e. The van der Waals surface area contributed by atoms with Gasteiger partial charge in [0.25, 0.3) is 0 Å². The van der Waals surface area contributed by atoms with E-state index in [2.05, 4.69) is 12.8 Å². The lowest BCUT2D eigenvalue weighted by Gasteiger charge is -2.30. The van der Waals surface area contributed by atoms with E-state index in [9.17, 15) is 9.59 Å². The standard InChI is InChI=1S/C10H16O5.C2H6.C2H2/c1-7(11)14-6-10-9(15-8(2)12)4-3-5-13-10;2*1-2/h9-10H,3-6H2,1-2H3;1-2H3;1-2H/t9-,10+;;/m0../s1. The third-order valence-electron chi connectivity index (χ3n) is 2.15. The van der Waals surface area contributed by atoms with Crippen molar-refractivity contribution in [1.29, 1.82) is 0 Å². The molecule has 1 aliphatic heterocycles. The summed E-state index contributed by atoms with van der Waals surface area (Å²) in [7, 11) is 0. The predicted molar refractivity (Wildman–Crippen MR) is 72.4 cm³/mol. The molecule has 19 heavy (non-hydrogen) atoms. The molecular formula is C14H24O5. The fourth-order valence-electron chi connectivity index (χ4n) is 1.52. The highest BCUT2D eigenvalue weighted by Gasteiger charge is 2.29. The average Bonchev–Trinajstić information content (AvgIpc) is 2.41. The van der Waals surface area contributed by atoms with Crippen molar-refractivity contribution >= 4 is 11.9 Å². The van der Waals surface area contributed by atoms with Crippen molar-refractivity contribution in [3.05, 3.63) is 0 Å². The molecule has 0 aromatic carbocycles. The molecule has 110 valence electrons. The van der Waals surface area contributed by atoms with Gasteiger partial charge in [-0.3, -0.25) is 9.59 Å². The number of esters is 2. The van der Waals surface area contributed by atoms with E-state index in [4.69, 9.17) is 14.2 Å². The molecule has 2 atom stereocenters. The lowest BCUT2D eigenvalue weighted by atomic mass is 10.1. The number of carbonyl (C=O) groups is 2. The zero-order valence-corrected chi connectivity index (χ0v) is 12.2. The quantitative estimate of drug-likeness (QED) is 0.580. The summed E-state index contributed by atoms with van der Waals surface area (Å²) in [5.74, 6) is -0.691. The van der Waals surface area contributed by atoms with Crippen LogP contribution in [-0.4, -0.2) is 37.4 Å². The number of rotatable bonds is 3. The van der Waals surface area contributed by atoms with Crippen molar-refractivity contribution in [3.8, 4) is 12.8 Å². The minimum Gasteiger partial charge on any atom is -0.463 e. The lowest BCUT2D eigenvalue weighted by Crippen LogP contribution is -2.40. The zero-order valence-electron chi connectivity index (χ0n) is 12.2. The van der Waals surface area contributed by atoms with E-state index in [0.717, 1.165) is 12.8 Å². The predicted octanol–water partition coefficient (Wildman–Crippen LogP) is 1.94. The number of hydrogen-bond acceptors (Lipinski definition) is 5. The monoisotopic (exact) mass is 272 g/mol. The van der Waals surface area contributed by atoms with Crippen LogP contribution in [0.15, 0.2) is 0 Å². The first-order valence-corrected chi connectivity index (χ1v) is 6.35. The molecule has 0 N–H and O–H groups in total. The van der Waals surface area contributed by atoms with Gasteiger partial charge in [0.1, 0.15) is 18.8 Å². The van der Waals surface area contributed by atoms with Crippen molar-refractivity contribution < 1.29 is 23.8 Å². The molecule has 0 amide bonds. The topological polar surface area (TPSA) is 61.8 Å². The number of hydrogen-bond donors (Lipinski definition) is 0. The molecule has 0 aliphatic carbocycles. The van der Waals surface area contributed by atoms with Gasteiger partial charge in [-0.2, -0.15) is 0 Å². The highest BCUT2D eigenvalue weighted by Crippen LogP contribution is 2.17. The van der Waals surface area contributed by atoms with Crippen molar-refractivity contribution in [2.45, 2.75) is 52.7 Å². The molecule has 1 heterocycles. The van der Waals surface area contributed by atoms with E-state index in [1.807, 2.05) is 13.8 Å². The molecule has 0 radical (unpaired) electrons. The van der Waals surface area contributed by atoms with Gasteiger partial charge in [-0.15, -0.1) is 12.8 Å². The summed E-state index contributed by atoms with van der Waals surface area (Å²) in [5.41, 5.74) is 0. The van der Waals surface area contributed by atoms with Gasteiger partial charge in [0.05, 0.1) is 0 Å². The minimum absolute atomic E-state index is 0.146. The summed E-state index contributed by atoms with van der Waals surface area (Å²) < 4.78 is 15.3. The summed E-state index contributed by atoms with van der Waals surface area (Å²) in [6.45, 7) is 7.46. The Bertz CT molecular complexity index is 272. The maximum atomic E-state index is 10.8. The fraction of sp³-hybridized carbons (Fsp3) is 0.714. The Morgan fingerprint density at radius 1 is 1.21 bits per heavy atom. The Labute approximate surface area is 115 Å². The molecule has 0 saturated carbocycles. The molecular weight excluding hydrogens is 248 g/mol. The summed E-state index contributed by atoms with van der Waals surface area (Å²) in [6, 6.07) is 0. The summed E-state index contributed by atoms with van der Waals surface area (Å²) in [6.07, 6.45) is 8.99. The van der Waals surface area contributed by atoms with E-state index in [1.54, 1.807) is 0 Å². The van der Waals surface area contributed by atoms with Gasteiger partial charge < -0.3 is 14.2 Å². The van der Waals surface area contributed by atoms with Gasteiger partial charge in [-0.1, -0.05) is 13.8 Å². The zero-order chi connectivity index (χ0) is 15.3. The lowest BCUT2D eigenvalue weighted by molar-refractivity contribution is -0.170. The molecule has 1 aliphatic rings. The molecule has 0 spiro atoms. The summed E-state index contributed by atoms with van der Waals surface area (Å²) >= 11 is 0. The Kier molecular flexibility index (Phi) is 13.4. The Balaban J connectivity index is 0. The first-order valence-electron chi connectivity index (χ1n) is 6.35. The Morgan fingerprint density at radius 2 is 1.79 bits per heavy atom. The smallest absolute Gasteiger partial charge is 0.302 e. The average molecular weight is 272 g/mol. The first-order chi connectivity index (χ1) is 9.09. The van der Waals surface area contributed by atoms with Crippen molar-refractivity contribution in [1.82, 2.24) is 0 Å². The second kappa shape index (κ2) is 12.9. The normalized spacial score (nSPS) is 20.7. The van der Waals surface area contributed by atoms with Crippen LogP contribution in [0.3, 0.4) is 0 Å². The van der Waals surface area contributed by atoms with E-state index < -0.39 is 0 Å². The molecule has 0 unspecified atom stereocenters. The van der Waals surface area contributed by atoms with E-state index >= 15 is 0 Å². The SMILES string of the molecule is C#C.CC.CC(=O)OC[C@H]1OCCC[C@@H]1OC(C)=O. The number of terminal acetylenes is 1. The van der Waals surface area contributed by atoms with E-state index in [-0.39, 0.29) is 30.8 Å². The van der Waals surface area contributed by atoms with Gasteiger partial charge >= 0.3 is 11.9 Å². The molecule has 1 fully saturated rings. The molecule has 0 aromatic rings. The molecule has 5 heteroatoms. The first kappa shape index (κ1) is 19.8. The second-order valence-electron chi connectivity index (χ2n) is 3.50. The molecule has 0 bridgehead atoms. The molecule has 5 nitrogen and oxygen atoms in total. The van der Waals surface area contributed by atoms with Crippen LogP contribution in [0, 0.1) is 12.8 Å². The van der Waals surface area contributed by atoms with E-state index in [0.29, 0.717) is 6.61 Å². The minimum atomic E-state index is -0.356. The van der Waals surface area contributed by atoms with Crippen LogP contribution in [0.5, 0.6) is 0 Å². The van der Waals surface area contributed by atoms with Gasteiger partial charge in [-0.25, -0.2) is 0 Å². The third kappa shape index (κ3) is 10.1. The van der Waals surface area contributed by atoms with Crippen LogP contribution in [0.4, 0.5) is 0 Å². The third-order valence-corrected chi connectivity index (χ3v) is 2.15. The highest BCUT2D eigenvalue weighted by molar-refractivity contribution is 5.66.